The van der Waals surface area contributed by atoms with Gasteiger partial charge in [0.2, 0.25) is 0 Å². The molecule has 0 atom stereocenters. The van der Waals surface area contributed by atoms with E-state index in [-0.39, 0.29) is 0 Å². The van der Waals surface area contributed by atoms with Gasteiger partial charge in [-0.05, 0) is 24.1 Å². The maximum atomic E-state index is 5.21. The van der Waals surface area contributed by atoms with E-state index in [0.717, 1.165) is 18.8 Å². The van der Waals surface area contributed by atoms with Gasteiger partial charge in [0, 0.05) is 27.2 Å². The Bertz CT molecular complexity index is 534. The molecule has 1 aromatic carbocycles. The van der Waals surface area contributed by atoms with E-state index < -0.39 is 0 Å². The average Bonchev–Trinajstić information content (AvgIpc) is 2.70. The van der Waals surface area contributed by atoms with Gasteiger partial charge in [-0.2, -0.15) is 5.10 Å². The summed E-state index contributed by atoms with van der Waals surface area (Å²) in [7, 11) is 3.70. The van der Waals surface area contributed by atoms with Gasteiger partial charge < -0.3 is 10.1 Å². The van der Waals surface area contributed by atoms with Crippen LogP contribution in [0, 0.1) is 6.92 Å². The number of hydrogen-bond donors (Lipinski definition) is 1. The van der Waals surface area contributed by atoms with E-state index in [1.165, 1.54) is 16.8 Å². The Morgan fingerprint density at radius 3 is 2.58 bits per heavy atom. The van der Waals surface area contributed by atoms with E-state index in [0.29, 0.717) is 6.61 Å². The predicted octanol–water partition coefficient (Wildman–Crippen LogP) is 2.16. The van der Waals surface area contributed by atoms with Crippen LogP contribution >= 0.6 is 0 Å². The molecule has 4 nitrogen and oxygen atoms in total. The Morgan fingerprint density at radius 1 is 1.21 bits per heavy atom. The molecular weight excluding hydrogens is 238 g/mol. The number of aryl methyl sites for hydroxylation is 2. The Labute approximate surface area is 114 Å². The summed E-state index contributed by atoms with van der Waals surface area (Å²) in [6.07, 6.45) is 0. The van der Waals surface area contributed by atoms with Crippen molar-refractivity contribution in [3.63, 3.8) is 0 Å². The Hall–Kier alpha value is -1.65. The SMILES string of the molecule is COCc1ccccc1CNCc1cc(C)nn1C. The normalized spacial score (nSPS) is 10.9. The van der Waals surface area contributed by atoms with Crippen LogP contribution in [-0.2, 0) is 31.5 Å². The van der Waals surface area contributed by atoms with Crippen molar-refractivity contribution >= 4 is 0 Å². The van der Waals surface area contributed by atoms with Crippen molar-refractivity contribution in [3.05, 3.63) is 52.8 Å². The van der Waals surface area contributed by atoms with Crippen LogP contribution in [0.2, 0.25) is 0 Å². The van der Waals surface area contributed by atoms with Crippen LogP contribution in [0.5, 0.6) is 0 Å². The smallest absolute Gasteiger partial charge is 0.0716 e. The van der Waals surface area contributed by atoms with Crippen LogP contribution in [0.1, 0.15) is 22.5 Å². The zero-order valence-electron chi connectivity index (χ0n) is 11.8. The van der Waals surface area contributed by atoms with Crippen molar-refractivity contribution in [1.29, 1.82) is 0 Å². The van der Waals surface area contributed by atoms with Crippen LogP contribution in [0.25, 0.3) is 0 Å². The second-order valence-electron chi connectivity index (χ2n) is 4.71. The molecule has 0 bridgehead atoms. The molecule has 0 aliphatic heterocycles. The average molecular weight is 259 g/mol. The zero-order valence-corrected chi connectivity index (χ0v) is 11.8. The molecule has 0 saturated heterocycles. The number of rotatable bonds is 6. The first-order chi connectivity index (χ1) is 9.20. The predicted molar refractivity (Wildman–Crippen MR) is 75.6 cm³/mol. The highest BCUT2D eigenvalue weighted by molar-refractivity contribution is 5.26. The first-order valence-corrected chi connectivity index (χ1v) is 6.46. The molecule has 0 unspecified atom stereocenters. The lowest BCUT2D eigenvalue weighted by Gasteiger charge is -2.10. The van der Waals surface area contributed by atoms with Crippen LogP contribution in [0.4, 0.5) is 0 Å². The van der Waals surface area contributed by atoms with Crippen LogP contribution < -0.4 is 5.32 Å². The van der Waals surface area contributed by atoms with E-state index in [1.807, 2.05) is 24.7 Å². The third kappa shape index (κ3) is 3.66. The van der Waals surface area contributed by atoms with E-state index in [2.05, 4.69) is 34.7 Å². The lowest BCUT2D eigenvalue weighted by Crippen LogP contribution is -2.16. The number of nitrogens with zero attached hydrogens (tertiary/aromatic N) is 2. The molecule has 0 saturated carbocycles. The summed E-state index contributed by atoms with van der Waals surface area (Å²) < 4.78 is 7.13. The molecule has 0 radical (unpaired) electrons. The highest BCUT2D eigenvalue weighted by atomic mass is 16.5. The van der Waals surface area contributed by atoms with Gasteiger partial charge in [0.25, 0.3) is 0 Å². The van der Waals surface area contributed by atoms with Gasteiger partial charge in [-0.1, -0.05) is 24.3 Å². The molecule has 0 spiro atoms. The standard InChI is InChI=1S/C15H21N3O/c1-12-8-15(18(2)17-12)10-16-9-13-6-4-5-7-14(13)11-19-3/h4-8,16H,9-11H2,1-3H3. The quantitative estimate of drug-likeness (QED) is 0.864. The summed E-state index contributed by atoms with van der Waals surface area (Å²) in [5, 5.41) is 7.79. The third-order valence-corrected chi connectivity index (χ3v) is 3.14. The second kappa shape index (κ2) is 6.50. The van der Waals surface area contributed by atoms with Gasteiger partial charge in [-0.15, -0.1) is 0 Å². The highest BCUT2D eigenvalue weighted by Gasteiger charge is 2.03. The minimum Gasteiger partial charge on any atom is -0.380 e. The first-order valence-electron chi connectivity index (χ1n) is 6.46. The summed E-state index contributed by atoms with van der Waals surface area (Å²) in [5.74, 6) is 0. The van der Waals surface area contributed by atoms with Crippen molar-refractivity contribution in [2.45, 2.75) is 26.6 Å². The number of benzene rings is 1. The largest absolute Gasteiger partial charge is 0.380 e. The van der Waals surface area contributed by atoms with E-state index in [1.54, 1.807) is 7.11 Å². The summed E-state index contributed by atoms with van der Waals surface area (Å²) >= 11 is 0. The molecule has 102 valence electrons. The molecule has 0 aliphatic carbocycles. The van der Waals surface area contributed by atoms with Crippen LogP contribution in [-0.4, -0.2) is 16.9 Å². The van der Waals surface area contributed by atoms with Gasteiger partial charge in [-0.25, -0.2) is 0 Å². The van der Waals surface area contributed by atoms with Gasteiger partial charge in [0.15, 0.2) is 0 Å². The van der Waals surface area contributed by atoms with Gasteiger partial charge >= 0.3 is 0 Å². The molecule has 1 heterocycles. The topological polar surface area (TPSA) is 39.1 Å². The molecule has 2 rings (SSSR count). The van der Waals surface area contributed by atoms with E-state index in [4.69, 9.17) is 4.74 Å². The van der Waals surface area contributed by atoms with Gasteiger partial charge in [0.1, 0.15) is 0 Å². The van der Waals surface area contributed by atoms with Crippen LogP contribution in [0.3, 0.4) is 0 Å². The number of hydrogen-bond acceptors (Lipinski definition) is 3. The van der Waals surface area contributed by atoms with Crippen molar-refractivity contribution in [3.8, 4) is 0 Å². The minimum absolute atomic E-state index is 0.655. The first kappa shape index (κ1) is 13.8. The fraction of sp³-hybridized carbons (Fsp3) is 0.400. The summed E-state index contributed by atoms with van der Waals surface area (Å²) in [5.41, 5.74) is 4.77. The number of aromatic nitrogens is 2. The fourth-order valence-corrected chi connectivity index (χ4v) is 2.18. The number of nitrogens with one attached hydrogen (secondary N) is 1. The lowest BCUT2D eigenvalue weighted by molar-refractivity contribution is 0.184. The van der Waals surface area contributed by atoms with Crippen molar-refractivity contribution < 1.29 is 4.74 Å². The van der Waals surface area contributed by atoms with Gasteiger partial charge in [0.05, 0.1) is 18.0 Å². The summed E-state index contributed by atoms with van der Waals surface area (Å²) in [6, 6.07) is 10.4. The maximum Gasteiger partial charge on any atom is 0.0716 e. The molecule has 19 heavy (non-hydrogen) atoms. The van der Waals surface area contributed by atoms with Crippen molar-refractivity contribution in [2.75, 3.05) is 7.11 Å². The lowest BCUT2D eigenvalue weighted by atomic mass is 10.1. The van der Waals surface area contributed by atoms with E-state index >= 15 is 0 Å². The molecule has 4 heteroatoms. The summed E-state index contributed by atoms with van der Waals surface area (Å²) in [4.78, 5) is 0. The van der Waals surface area contributed by atoms with Gasteiger partial charge in [-0.3, -0.25) is 4.68 Å². The molecule has 0 aliphatic rings. The number of ether oxygens (including phenoxy) is 1. The molecule has 0 amide bonds. The molecule has 2 aromatic rings. The second-order valence-corrected chi connectivity index (χ2v) is 4.71. The molecule has 1 aromatic heterocycles. The Kier molecular flexibility index (Phi) is 4.71. The zero-order chi connectivity index (χ0) is 13.7. The fourth-order valence-electron chi connectivity index (χ4n) is 2.18. The Morgan fingerprint density at radius 2 is 1.95 bits per heavy atom. The van der Waals surface area contributed by atoms with Crippen LogP contribution in [0.15, 0.2) is 30.3 Å². The summed E-state index contributed by atoms with van der Waals surface area (Å²) in [6.45, 7) is 4.32. The third-order valence-electron chi connectivity index (χ3n) is 3.14. The molecular formula is C15H21N3O. The minimum atomic E-state index is 0.655. The monoisotopic (exact) mass is 259 g/mol. The van der Waals surface area contributed by atoms with E-state index in [9.17, 15) is 0 Å². The maximum absolute atomic E-state index is 5.21. The molecule has 0 fully saturated rings. The Balaban J connectivity index is 1.94. The van der Waals surface area contributed by atoms with Crippen molar-refractivity contribution in [2.24, 2.45) is 7.05 Å². The van der Waals surface area contributed by atoms with Crippen molar-refractivity contribution in [1.82, 2.24) is 15.1 Å². The highest BCUT2D eigenvalue weighted by Crippen LogP contribution is 2.10. The molecule has 1 N–H and O–H groups in total. The number of methoxy groups -OCH3 is 1.